The summed E-state index contributed by atoms with van der Waals surface area (Å²) in [5, 5.41) is 2.76. The summed E-state index contributed by atoms with van der Waals surface area (Å²) in [5.74, 6) is 0.631. The average molecular weight is 226 g/mol. The lowest BCUT2D eigenvalue weighted by Crippen LogP contribution is -2.25. The van der Waals surface area contributed by atoms with E-state index in [0.29, 0.717) is 5.92 Å². The van der Waals surface area contributed by atoms with Crippen LogP contribution in [-0.2, 0) is 5.41 Å². The maximum absolute atomic E-state index is 2.35. The standard InChI is InChI=1S/C17H22/c1-12(2)17(4,5)16-13(3)10-11-14-8-6-7-9-15(14)16/h6-12H,1-5H3. The number of hydrogen-bond acceptors (Lipinski definition) is 0. The number of rotatable bonds is 2. The molecule has 0 fully saturated rings. The normalized spacial score (nSPS) is 12.4. The van der Waals surface area contributed by atoms with Crippen LogP contribution in [0.15, 0.2) is 36.4 Å². The lowest BCUT2D eigenvalue weighted by molar-refractivity contribution is 0.373. The van der Waals surface area contributed by atoms with E-state index in [1.807, 2.05) is 0 Å². The Kier molecular flexibility index (Phi) is 2.99. The molecule has 0 aliphatic rings. The van der Waals surface area contributed by atoms with Crippen LogP contribution >= 0.6 is 0 Å². The van der Waals surface area contributed by atoms with Crippen molar-refractivity contribution in [1.82, 2.24) is 0 Å². The van der Waals surface area contributed by atoms with Gasteiger partial charge < -0.3 is 0 Å². The molecule has 0 amide bonds. The van der Waals surface area contributed by atoms with Crippen LogP contribution in [0.25, 0.3) is 10.8 Å². The van der Waals surface area contributed by atoms with E-state index in [9.17, 15) is 0 Å². The maximum Gasteiger partial charge on any atom is -0.00718 e. The molecule has 0 spiro atoms. The van der Waals surface area contributed by atoms with Crippen molar-refractivity contribution in [2.75, 3.05) is 0 Å². The van der Waals surface area contributed by atoms with Crippen molar-refractivity contribution in [2.45, 2.75) is 40.0 Å². The van der Waals surface area contributed by atoms with Crippen LogP contribution in [0.5, 0.6) is 0 Å². The van der Waals surface area contributed by atoms with Gasteiger partial charge in [0.25, 0.3) is 0 Å². The van der Waals surface area contributed by atoms with Gasteiger partial charge in [0, 0.05) is 0 Å². The molecule has 2 rings (SSSR count). The first-order chi connectivity index (χ1) is 7.94. The summed E-state index contributed by atoms with van der Waals surface area (Å²) in [7, 11) is 0. The van der Waals surface area contributed by atoms with Crippen LogP contribution in [0, 0.1) is 12.8 Å². The Morgan fingerprint density at radius 1 is 0.941 bits per heavy atom. The summed E-state index contributed by atoms with van der Waals surface area (Å²) < 4.78 is 0. The monoisotopic (exact) mass is 226 g/mol. The Morgan fingerprint density at radius 3 is 2.24 bits per heavy atom. The second kappa shape index (κ2) is 4.18. The van der Waals surface area contributed by atoms with Gasteiger partial charge >= 0.3 is 0 Å². The molecule has 0 aliphatic heterocycles. The molecule has 0 heterocycles. The highest BCUT2D eigenvalue weighted by molar-refractivity contribution is 5.87. The second-order valence-electron chi connectivity index (χ2n) is 5.85. The van der Waals surface area contributed by atoms with Gasteiger partial charge in [-0.25, -0.2) is 0 Å². The highest BCUT2D eigenvalue weighted by Gasteiger charge is 2.27. The second-order valence-corrected chi connectivity index (χ2v) is 5.85. The fourth-order valence-electron chi connectivity index (χ4n) is 2.52. The average Bonchev–Trinajstić information content (AvgIpc) is 2.28. The molecule has 0 saturated carbocycles. The molecule has 0 N–H and O–H groups in total. The van der Waals surface area contributed by atoms with Gasteiger partial charge in [0.2, 0.25) is 0 Å². The predicted octanol–water partition coefficient (Wildman–Crippen LogP) is 5.08. The third-order valence-corrected chi connectivity index (χ3v) is 4.23. The first kappa shape index (κ1) is 12.2. The van der Waals surface area contributed by atoms with Gasteiger partial charge in [-0.1, -0.05) is 64.1 Å². The van der Waals surface area contributed by atoms with Crippen LogP contribution in [0.3, 0.4) is 0 Å². The van der Waals surface area contributed by atoms with Crippen molar-refractivity contribution < 1.29 is 0 Å². The molecular formula is C17H22. The van der Waals surface area contributed by atoms with Crippen molar-refractivity contribution in [3.63, 3.8) is 0 Å². The molecular weight excluding hydrogens is 204 g/mol. The largest absolute Gasteiger partial charge is 0.0619 e. The molecule has 0 aromatic heterocycles. The van der Waals surface area contributed by atoms with Crippen LogP contribution in [0.1, 0.15) is 38.8 Å². The first-order valence-electron chi connectivity index (χ1n) is 6.43. The summed E-state index contributed by atoms with van der Waals surface area (Å²) in [5.41, 5.74) is 3.12. The summed E-state index contributed by atoms with van der Waals surface area (Å²) in [6.45, 7) is 11.5. The van der Waals surface area contributed by atoms with Gasteiger partial charge in [-0.05, 0) is 40.2 Å². The Balaban J connectivity index is 2.80. The van der Waals surface area contributed by atoms with E-state index in [-0.39, 0.29) is 5.41 Å². The minimum Gasteiger partial charge on any atom is -0.0619 e. The van der Waals surface area contributed by atoms with Gasteiger partial charge in [0.15, 0.2) is 0 Å². The zero-order valence-corrected chi connectivity index (χ0v) is 11.5. The lowest BCUT2D eigenvalue weighted by atomic mass is 9.72. The smallest absolute Gasteiger partial charge is 0.00718 e. The molecule has 2 aromatic carbocycles. The van der Waals surface area contributed by atoms with Crippen molar-refractivity contribution >= 4 is 10.8 Å². The van der Waals surface area contributed by atoms with Gasteiger partial charge in [0.05, 0.1) is 0 Å². The van der Waals surface area contributed by atoms with E-state index in [0.717, 1.165) is 0 Å². The van der Waals surface area contributed by atoms with Gasteiger partial charge in [-0.2, -0.15) is 0 Å². The summed E-state index contributed by atoms with van der Waals surface area (Å²) in [6, 6.07) is 13.2. The van der Waals surface area contributed by atoms with Crippen LogP contribution < -0.4 is 0 Å². The SMILES string of the molecule is Cc1ccc2ccccc2c1C(C)(C)C(C)C. The fraction of sp³-hybridized carbons (Fsp3) is 0.412. The van der Waals surface area contributed by atoms with Crippen LogP contribution in [0.4, 0.5) is 0 Å². The summed E-state index contributed by atoms with van der Waals surface area (Å²) in [6.07, 6.45) is 0. The lowest BCUT2D eigenvalue weighted by Gasteiger charge is -2.32. The topological polar surface area (TPSA) is 0 Å². The number of benzene rings is 2. The van der Waals surface area contributed by atoms with E-state index in [2.05, 4.69) is 71.0 Å². The van der Waals surface area contributed by atoms with E-state index in [1.165, 1.54) is 21.9 Å². The van der Waals surface area contributed by atoms with Crippen molar-refractivity contribution in [3.8, 4) is 0 Å². The van der Waals surface area contributed by atoms with Crippen molar-refractivity contribution in [2.24, 2.45) is 5.92 Å². The minimum absolute atomic E-state index is 0.213. The molecule has 0 saturated heterocycles. The molecule has 0 atom stereocenters. The van der Waals surface area contributed by atoms with Crippen molar-refractivity contribution in [1.29, 1.82) is 0 Å². The first-order valence-corrected chi connectivity index (χ1v) is 6.43. The zero-order chi connectivity index (χ0) is 12.6. The zero-order valence-electron chi connectivity index (χ0n) is 11.5. The molecule has 0 unspecified atom stereocenters. The van der Waals surface area contributed by atoms with E-state index >= 15 is 0 Å². The molecule has 90 valence electrons. The highest BCUT2D eigenvalue weighted by atomic mass is 14.3. The molecule has 17 heavy (non-hydrogen) atoms. The van der Waals surface area contributed by atoms with E-state index in [1.54, 1.807) is 0 Å². The Bertz CT molecular complexity index is 533. The number of hydrogen-bond donors (Lipinski definition) is 0. The van der Waals surface area contributed by atoms with Gasteiger partial charge in [0.1, 0.15) is 0 Å². The molecule has 0 radical (unpaired) electrons. The van der Waals surface area contributed by atoms with E-state index < -0.39 is 0 Å². The van der Waals surface area contributed by atoms with E-state index in [4.69, 9.17) is 0 Å². The third kappa shape index (κ3) is 1.97. The molecule has 0 bridgehead atoms. The van der Waals surface area contributed by atoms with Gasteiger partial charge in [-0.3, -0.25) is 0 Å². The summed E-state index contributed by atoms with van der Waals surface area (Å²) >= 11 is 0. The quantitative estimate of drug-likeness (QED) is 0.669. The number of aryl methyl sites for hydroxylation is 1. The third-order valence-electron chi connectivity index (χ3n) is 4.23. The number of fused-ring (bicyclic) bond motifs is 1. The Morgan fingerprint density at radius 2 is 1.59 bits per heavy atom. The Hall–Kier alpha value is -1.30. The fourth-order valence-corrected chi connectivity index (χ4v) is 2.52. The molecule has 0 heteroatoms. The predicted molar refractivity (Wildman–Crippen MR) is 76.5 cm³/mol. The minimum atomic E-state index is 0.213. The summed E-state index contributed by atoms with van der Waals surface area (Å²) in [4.78, 5) is 0. The van der Waals surface area contributed by atoms with Crippen molar-refractivity contribution in [3.05, 3.63) is 47.5 Å². The van der Waals surface area contributed by atoms with Gasteiger partial charge in [-0.15, -0.1) is 0 Å². The Labute approximate surface area is 105 Å². The van der Waals surface area contributed by atoms with Crippen LogP contribution in [-0.4, -0.2) is 0 Å². The molecule has 0 aliphatic carbocycles. The maximum atomic E-state index is 2.35. The molecule has 2 aromatic rings. The molecule has 0 nitrogen and oxygen atoms in total. The highest BCUT2D eigenvalue weighted by Crippen LogP contribution is 2.38. The van der Waals surface area contributed by atoms with Crippen LogP contribution in [0.2, 0.25) is 0 Å².